The Morgan fingerprint density at radius 2 is 2.05 bits per heavy atom. The van der Waals surface area contributed by atoms with Gasteiger partial charge in [0.1, 0.15) is 5.82 Å². The molecule has 2 aromatic rings. The number of H-pyrrole nitrogens is 1. The van der Waals surface area contributed by atoms with Gasteiger partial charge in [-0.1, -0.05) is 18.2 Å². The van der Waals surface area contributed by atoms with Crippen LogP contribution in [-0.4, -0.2) is 36.4 Å². The van der Waals surface area contributed by atoms with Crippen LogP contribution >= 0.6 is 0 Å². The standard InChI is InChI=1S/C12H16N4O2S/c1-19(17,18)10-5-3-2-4-9(10)8-12-14-11(6-7-13)15-16-12/h2-5H,6-8,13H2,1H3,(H,14,15,16). The summed E-state index contributed by atoms with van der Waals surface area (Å²) in [5, 5.41) is 6.83. The van der Waals surface area contributed by atoms with E-state index in [0.29, 0.717) is 41.5 Å². The Morgan fingerprint density at radius 3 is 2.74 bits per heavy atom. The van der Waals surface area contributed by atoms with Crippen molar-refractivity contribution >= 4 is 9.84 Å². The Balaban J connectivity index is 2.28. The van der Waals surface area contributed by atoms with Gasteiger partial charge in [0, 0.05) is 19.1 Å². The molecule has 0 saturated heterocycles. The first-order valence-corrected chi connectivity index (χ1v) is 7.78. The minimum Gasteiger partial charge on any atom is -0.330 e. The molecule has 2 rings (SSSR count). The predicted octanol–water partition coefficient (Wildman–Crippen LogP) is 0.300. The summed E-state index contributed by atoms with van der Waals surface area (Å²) in [5.41, 5.74) is 6.14. The maximum atomic E-state index is 11.7. The number of aromatic amines is 1. The Labute approximate surface area is 112 Å². The fourth-order valence-electron chi connectivity index (χ4n) is 1.85. The third kappa shape index (κ3) is 3.39. The lowest BCUT2D eigenvalue weighted by Crippen LogP contribution is -2.05. The molecule has 6 nitrogen and oxygen atoms in total. The molecule has 0 aliphatic rings. The van der Waals surface area contributed by atoms with Crippen LogP contribution in [0.4, 0.5) is 0 Å². The van der Waals surface area contributed by atoms with Gasteiger partial charge in [-0.2, -0.15) is 5.10 Å². The number of benzene rings is 1. The second-order valence-electron chi connectivity index (χ2n) is 4.29. The van der Waals surface area contributed by atoms with Crippen LogP contribution in [-0.2, 0) is 22.7 Å². The maximum absolute atomic E-state index is 11.7. The number of sulfone groups is 1. The van der Waals surface area contributed by atoms with Gasteiger partial charge in [-0.25, -0.2) is 13.4 Å². The molecule has 0 atom stereocenters. The number of hydrogen-bond acceptors (Lipinski definition) is 5. The molecule has 0 fully saturated rings. The Kier molecular flexibility index (Phi) is 3.96. The van der Waals surface area contributed by atoms with Crippen molar-refractivity contribution in [1.82, 2.24) is 15.2 Å². The van der Waals surface area contributed by atoms with Gasteiger partial charge in [-0.3, -0.25) is 5.10 Å². The fourth-order valence-corrected chi connectivity index (χ4v) is 2.79. The van der Waals surface area contributed by atoms with E-state index in [9.17, 15) is 8.42 Å². The quantitative estimate of drug-likeness (QED) is 0.820. The van der Waals surface area contributed by atoms with Crippen LogP contribution in [0.1, 0.15) is 17.2 Å². The van der Waals surface area contributed by atoms with E-state index in [1.54, 1.807) is 24.3 Å². The minimum absolute atomic E-state index is 0.326. The van der Waals surface area contributed by atoms with Crippen LogP contribution in [0.3, 0.4) is 0 Å². The third-order valence-electron chi connectivity index (χ3n) is 2.68. The van der Waals surface area contributed by atoms with E-state index < -0.39 is 9.84 Å². The van der Waals surface area contributed by atoms with Crippen LogP contribution in [0.25, 0.3) is 0 Å². The molecule has 0 amide bonds. The SMILES string of the molecule is CS(=O)(=O)c1ccccc1Cc1nc(CCN)n[nH]1. The molecule has 0 saturated carbocycles. The molecule has 0 radical (unpaired) electrons. The molecule has 1 aromatic carbocycles. The molecule has 19 heavy (non-hydrogen) atoms. The van der Waals surface area contributed by atoms with Crippen LogP contribution in [0.5, 0.6) is 0 Å². The molecule has 102 valence electrons. The van der Waals surface area contributed by atoms with Crippen LogP contribution in [0, 0.1) is 0 Å². The number of nitrogens with zero attached hydrogens (tertiary/aromatic N) is 2. The van der Waals surface area contributed by atoms with Crippen molar-refractivity contribution in [3.05, 3.63) is 41.5 Å². The lowest BCUT2D eigenvalue weighted by atomic mass is 10.1. The summed E-state index contributed by atoms with van der Waals surface area (Å²) >= 11 is 0. The number of rotatable bonds is 5. The molecular formula is C12H16N4O2S. The predicted molar refractivity (Wildman–Crippen MR) is 71.5 cm³/mol. The highest BCUT2D eigenvalue weighted by Crippen LogP contribution is 2.17. The number of hydrogen-bond donors (Lipinski definition) is 2. The van der Waals surface area contributed by atoms with E-state index >= 15 is 0 Å². The highest BCUT2D eigenvalue weighted by atomic mass is 32.2. The summed E-state index contributed by atoms with van der Waals surface area (Å²) in [6.45, 7) is 0.483. The van der Waals surface area contributed by atoms with E-state index in [0.717, 1.165) is 0 Å². The molecular weight excluding hydrogens is 264 g/mol. The normalized spacial score (nSPS) is 11.7. The molecule has 1 heterocycles. The van der Waals surface area contributed by atoms with Crippen molar-refractivity contribution in [2.45, 2.75) is 17.7 Å². The minimum atomic E-state index is -3.24. The zero-order chi connectivity index (χ0) is 13.9. The molecule has 1 aromatic heterocycles. The second kappa shape index (κ2) is 5.50. The molecule has 0 bridgehead atoms. The highest BCUT2D eigenvalue weighted by molar-refractivity contribution is 7.90. The molecule has 0 aliphatic heterocycles. The highest BCUT2D eigenvalue weighted by Gasteiger charge is 2.14. The second-order valence-corrected chi connectivity index (χ2v) is 6.28. The van der Waals surface area contributed by atoms with Crippen molar-refractivity contribution < 1.29 is 8.42 Å². The largest absolute Gasteiger partial charge is 0.330 e. The average molecular weight is 280 g/mol. The summed E-state index contributed by atoms with van der Waals surface area (Å²) < 4.78 is 23.4. The van der Waals surface area contributed by atoms with Crippen molar-refractivity contribution in [3.8, 4) is 0 Å². The summed E-state index contributed by atoms with van der Waals surface area (Å²) in [5.74, 6) is 1.29. The lowest BCUT2D eigenvalue weighted by Gasteiger charge is -2.05. The molecule has 7 heteroatoms. The molecule has 0 unspecified atom stereocenters. The van der Waals surface area contributed by atoms with Crippen molar-refractivity contribution in [3.63, 3.8) is 0 Å². The summed E-state index contributed by atoms with van der Waals surface area (Å²) in [4.78, 5) is 4.60. The Hall–Kier alpha value is -1.73. The third-order valence-corrected chi connectivity index (χ3v) is 3.87. The van der Waals surface area contributed by atoms with Crippen molar-refractivity contribution in [2.24, 2.45) is 5.73 Å². The zero-order valence-electron chi connectivity index (χ0n) is 10.6. The number of aromatic nitrogens is 3. The van der Waals surface area contributed by atoms with Gasteiger partial charge < -0.3 is 5.73 Å². The Bertz CT molecular complexity index is 664. The lowest BCUT2D eigenvalue weighted by molar-refractivity contribution is 0.601. The van der Waals surface area contributed by atoms with Gasteiger partial charge in [-0.15, -0.1) is 0 Å². The van der Waals surface area contributed by atoms with Crippen LogP contribution in [0.2, 0.25) is 0 Å². The van der Waals surface area contributed by atoms with E-state index in [4.69, 9.17) is 5.73 Å². The number of nitrogens with one attached hydrogen (secondary N) is 1. The van der Waals surface area contributed by atoms with E-state index in [1.165, 1.54) is 6.26 Å². The number of nitrogens with two attached hydrogens (primary N) is 1. The van der Waals surface area contributed by atoms with Gasteiger partial charge in [0.25, 0.3) is 0 Å². The first-order valence-electron chi connectivity index (χ1n) is 5.89. The fraction of sp³-hybridized carbons (Fsp3) is 0.333. The van der Waals surface area contributed by atoms with Crippen molar-refractivity contribution in [2.75, 3.05) is 12.8 Å². The van der Waals surface area contributed by atoms with Gasteiger partial charge in [0.15, 0.2) is 15.7 Å². The van der Waals surface area contributed by atoms with Crippen molar-refractivity contribution in [1.29, 1.82) is 0 Å². The monoisotopic (exact) mass is 280 g/mol. The maximum Gasteiger partial charge on any atom is 0.175 e. The topological polar surface area (TPSA) is 102 Å². The van der Waals surface area contributed by atoms with E-state index in [-0.39, 0.29) is 0 Å². The van der Waals surface area contributed by atoms with E-state index in [2.05, 4.69) is 15.2 Å². The van der Waals surface area contributed by atoms with Gasteiger partial charge in [0.2, 0.25) is 0 Å². The van der Waals surface area contributed by atoms with Gasteiger partial charge in [-0.05, 0) is 18.2 Å². The van der Waals surface area contributed by atoms with Crippen LogP contribution in [0.15, 0.2) is 29.2 Å². The smallest absolute Gasteiger partial charge is 0.175 e. The summed E-state index contributed by atoms with van der Waals surface area (Å²) in [6, 6.07) is 6.89. The zero-order valence-corrected chi connectivity index (χ0v) is 11.4. The Morgan fingerprint density at radius 1 is 1.32 bits per heavy atom. The summed E-state index contributed by atoms with van der Waals surface area (Å²) in [6.07, 6.45) is 2.21. The molecule has 0 spiro atoms. The van der Waals surface area contributed by atoms with Gasteiger partial charge in [0.05, 0.1) is 4.90 Å². The van der Waals surface area contributed by atoms with Crippen LogP contribution < -0.4 is 5.73 Å². The first kappa shape index (κ1) is 13.7. The molecule has 3 N–H and O–H groups in total. The average Bonchev–Trinajstić information content (AvgIpc) is 2.76. The first-order chi connectivity index (χ1) is 9.00. The van der Waals surface area contributed by atoms with Gasteiger partial charge >= 0.3 is 0 Å². The summed E-state index contributed by atoms with van der Waals surface area (Å²) in [7, 11) is -3.24. The van der Waals surface area contributed by atoms with E-state index in [1.807, 2.05) is 0 Å². The molecule has 0 aliphatic carbocycles.